The highest BCUT2D eigenvalue weighted by atomic mass is 19.1. The third-order valence-electron chi connectivity index (χ3n) is 3.12. The predicted octanol–water partition coefficient (Wildman–Crippen LogP) is 2.89. The van der Waals surface area contributed by atoms with Crippen LogP contribution in [0.1, 0.15) is 30.9 Å². The lowest BCUT2D eigenvalue weighted by atomic mass is 9.68. The van der Waals surface area contributed by atoms with Crippen LogP contribution in [-0.2, 0) is 5.60 Å². The Hall–Kier alpha value is -0.960. The van der Waals surface area contributed by atoms with E-state index in [0.717, 1.165) is 0 Å². The predicted molar refractivity (Wildman–Crippen MR) is 53.4 cm³/mol. The highest BCUT2D eigenvalue weighted by Crippen LogP contribution is 2.47. The maximum Gasteiger partial charge on any atom is 0.135 e. The molecule has 0 amide bonds. The summed E-state index contributed by atoms with van der Waals surface area (Å²) < 4.78 is 27.2. The summed E-state index contributed by atoms with van der Waals surface area (Å²) in [5.74, 6) is -0.925. The average molecular weight is 212 g/mol. The van der Waals surface area contributed by atoms with Gasteiger partial charge >= 0.3 is 0 Å². The summed E-state index contributed by atoms with van der Waals surface area (Å²) in [5.41, 5.74) is -1.07. The summed E-state index contributed by atoms with van der Waals surface area (Å²) in [6.07, 6.45) is 0.870. The Morgan fingerprint density at radius 2 is 1.93 bits per heavy atom. The van der Waals surface area contributed by atoms with Crippen molar-refractivity contribution in [3.05, 3.63) is 34.9 Å². The number of hydrogen-bond acceptors (Lipinski definition) is 1. The van der Waals surface area contributed by atoms with Crippen LogP contribution in [0, 0.1) is 24.5 Å². The van der Waals surface area contributed by atoms with E-state index in [0.29, 0.717) is 24.3 Å². The molecular weight excluding hydrogens is 198 g/mol. The van der Waals surface area contributed by atoms with Gasteiger partial charge in [0.05, 0.1) is 11.2 Å². The number of hydrogen-bond donors (Lipinski definition) is 1. The largest absolute Gasteiger partial charge is 0.385 e. The summed E-state index contributed by atoms with van der Waals surface area (Å²) in [4.78, 5) is 0. The molecule has 2 rings (SSSR count). The summed E-state index contributed by atoms with van der Waals surface area (Å²) >= 11 is 0. The van der Waals surface area contributed by atoms with E-state index < -0.39 is 17.2 Å². The first-order chi connectivity index (χ1) is 6.94. The molecule has 1 aromatic rings. The fourth-order valence-corrected chi connectivity index (χ4v) is 2.38. The molecule has 82 valence electrons. The topological polar surface area (TPSA) is 20.2 Å². The van der Waals surface area contributed by atoms with Crippen molar-refractivity contribution in [2.24, 2.45) is 5.92 Å². The molecule has 1 saturated carbocycles. The van der Waals surface area contributed by atoms with E-state index in [1.807, 2.05) is 6.92 Å². The highest BCUT2D eigenvalue weighted by Gasteiger charge is 2.45. The van der Waals surface area contributed by atoms with Crippen molar-refractivity contribution in [3.63, 3.8) is 0 Å². The molecule has 0 heterocycles. The van der Waals surface area contributed by atoms with Crippen molar-refractivity contribution in [1.82, 2.24) is 0 Å². The van der Waals surface area contributed by atoms with E-state index in [-0.39, 0.29) is 5.56 Å². The lowest BCUT2D eigenvalue weighted by molar-refractivity contribution is -0.0789. The molecule has 0 atom stereocenters. The zero-order valence-electron chi connectivity index (χ0n) is 8.85. The van der Waals surface area contributed by atoms with Crippen LogP contribution < -0.4 is 0 Å². The molecule has 3 heteroatoms. The molecular formula is C12H14F2O. The first kappa shape index (κ1) is 10.6. The smallest absolute Gasteiger partial charge is 0.135 e. The molecule has 15 heavy (non-hydrogen) atoms. The third kappa shape index (κ3) is 1.55. The van der Waals surface area contributed by atoms with Gasteiger partial charge in [-0.3, -0.25) is 0 Å². The maximum atomic E-state index is 13.7. The monoisotopic (exact) mass is 212 g/mol. The zero-order chi connectivity index (χ0) is 11.2. The average Bonchev–Trinajstić information content (AvgIpc) is 2.10. The minimum Gasteiger partial charge on any atom is -0.385 e. The van der Waals surface area contributed by atoms with Crippen molar-refractivity contribution < 1.29 is 13.9 Å². The lowest BCUT2D eigenvalue weighted by Gasteiger charge is -2.42. The third-order valence-corrected chi connectivity index (χ3v) is 3.12. The number of aliphatic hydroxyl groups is 1. The van der Waals surface area contributed by atoms with Crippen LogP contribution in [0.25, 0.3) is 0 Å². The van der Waals surface area contributed by atoms with Gasteiger partial charge in [-0.05, 0) is 37.3 Å². The van der Waals surface area contributed by atoms with Crippen molar-refractivity contribution >= 4 is 0 Å². The van der Waals surface area contributed by atoms with Crippen LogP contribution in [0.5, 0.6) is 0 Å². The van der Waals surface area contributed by atoms with Gasteiger partial charge in [-0.1, -0.05) is 13.0 Å². The molecule has 1 aromatic carbocycles. The SMILES string of the molecule is Cc1ccc(F)c(C2(O)CC(C)C2)c1F. The summed E-state index contributed by atoms with van der Waals surface area (Å²) in [6.45, 7) is 3.53. The Kier molecular flexibility index (Phi) is 2.30. The van der Waals surface area contributed by atoms with E-state index in [2.05, 4.69) is 0 Å². The van der Waals surface area contributed by atoms with Gasteiger partial charge < -0.3 is 5.11 Å². The second kappa shape index (κ2) is 3.27. The van der Waals surface area contributed by atoms with Crippen LogP contribution in [0.3, 0.4) is 0 Å². The maximum absolute atomic E-state index is 13.7. The normalized spacial score (nSPS) is 30.1. The van der Waals surface area contributed by atoms with Crippen LogP contribution >= 0.6 is 0 Å². The van der Waals surface area contributed by atoms with E-state index in [1.165, 1.54) is 12.1 Å². The quantitative estimate of drug-likeness (QED) is 0.758. The second-order valence-corrected chi connectivity index (χ2v) is 4.60. The minimum atomic E-state index is -1.29. The van der Waals surface area contributed by atoms with Gasteiger partial charge in [0.2, 0.25) is 0 Å². The van der Waals surface area contributed by atoms with E-state index in [9.17, 15) is 13.9 Å². The van der Waals surface area contributed by atoms with Crippen LogP contribution in [0.4, 0.5) is 8.78 Å². The first-order valence-electron chi connectivity index (χ1n) is 5.11. The number of rotatable bonds is 1. The summed E-state index contributed by atoms with van der Waals surface area (Å²) in [6, 6.07) is 2.61. The Bertz CT molecular complexity index is 395. The van der Waals surface area contributed by atoms with Gasteiger partial charge in [0.1, 0.15) is 11.6 Å². The Morgan fingerprint density at radius 1 is 1.33 bits per heavy atom. The van der Waals surface area contributed by atoms with E-state index in [4.69, 9.17) is 0 Å². The molecule has 0 unspecified atom stereocenters. The molecule has 1 N–H and O–H groups in total. The lowest BCUT2D eigenvalue weighted by Crippen LogP contribution is -2.41. The molecule has 1 nitrogen and oxygen atoms in total. The van der Waals surface area contributed by atoms with Crippen LogP contribution in [-0.4, -0.2) is 5.11 Å². The Labute approximate surface area is 87.7 Å². The van der Waals surface area contributed by atoms with E-state index >= 15 is 0 Å². The molecule has 0 saturated heterocycles. The fraction of sp³-hybridized carbons (Fsp3) is 0.500. The molecule has 1 fully saturated rings. The van der Waals surface area contributed by atoms with Gasteiger partial charge in [0, 0.05) is 0 Å². The molecule has 0 bridgehead atoms. The van der Waals surface area contributed by atoms with Crippen molar-refractivity contribution in [2.45, 2.75) is 32.3 Å². The Morgan fingerprint density at radius 3 is 2.47 bits per heavy atom. The zero-order valence-corrected chi connectivity index (χ0v) is 8.85. The number of aryl methyl sites for hydroxylation is 1. The van der Waals surface area contributed by atoms with Crippen LogP contribution in [0.15, 0.2) is 12.1 Å². The van der Waals surface area contributed by atoms with Gasteiger partial charge in [-0.2, -0.15) is 0 Å². The van der Waals surface area contributed by atoms with Crippen molar-refractivity contribution in [3.8, 4) is 0 Å². The molecule has 0 radical (unpaired) electrons. The van der Waals surface area contributed by atoms with E-state index in [1.54, 1.807) is 6.92 Å². The standard InChI is InChI=1S/C12H14F2O/c1-7-5-12(15,6-7)10-9(13)4-3-8(2)11(10)14/h3-4,7,15H,5-6H2,1-2H3. The summed E-state index contributed by atoms with van der Waals surface area (Å²) in [7, 11) is 0. The number of halogens is 2. The molecule has 1 aliphatic carbocycles. The van der Waals surface area contributed by atoms with Crippen LogP contribution in [0.2, 0.25) is 0 Å². The van der Waals surface area contributed by atoms with Crippen molar-refractivity contribution in [2.75, 3.05) is 0 Å². The fourth-order valence-electron chi connectivity index (χ4n) is 2.38. The summed E-state index contributed by atoms with van der Waals surface area (Å²) in [5, 5.41) is 10.1. The molecule has 1 aliphatic rings. The Balaban J connectivity index is 2.48. The molecule has 0 aliphatic heterocycles. The molecule has 0 aromatic heterocycles. The second-order valence-electron chi connectivity index (χ2n) is 4.60. The van der Waals surface area contributed by atoms with Gasteiger partial charge in [0.25, 0.3) is 0 Å². The van der Waals surface area contributed by atoms with Gasteiger partial charge in [-0.15, -0.1) is 0 Å². The molecule has 0 spiro atoms. The minimum absolute atomic E-state index is 0.152. The van der Waals surface area contributed by atoms with Gasteiger partial charge in [0.15, 0.2) is 0 Å². The van der Waals surface area contributed by atoms with Gasteiger partial charge in [-0.25, -0.2) is 8.78 Å². The van der Waals surface area contributed by atoms with Crippen molar-refractivity contribution in [1.29, 1.82) is 0 Å². The highest BCUT2D eigenvalue weighted by molar-refractivity contribution is 5.33. The number of benzene rings is 1. The first-order valence-corrected chi connectivity index (χ1v) is 5.11.